The van der Waals surface area contributed by atoms with Crippen molar-refractivity contribution in [2.24, 2.45) is 0 Å². The maximum absolute atomic E-state index is 13.3. The Morgan fingerprint density at radius 1 is 1.06 bits per heavy atom. The Labute approximate surface area is 201 Å². The van der Waals surface area contributed by atoms with Gasteiger partial charge in [0, 0.05) is 29.1 Å². The average molecular weight is 475 g/mol. The summed E-state index contributed by atoms with van der Waals surface area (Å²) in [7, 11) is 0. The van der Waals surface area contributed by atoms with Gasteiger partial charge < -0.3 is 10.2 Å². The molecule has 0 radical (unpaired) electrons. The molecule has 1 unspecified atom stereocenters. The fraction of sp³-hybridized carbons (Fsp3) is 0.462. The number of benzene rings is 2. The van der Waals surface area contributed by atoms with Crippen molar-refractivity contribution in [1.82, 2.24) is 10.2 Å². The van der Waals surface area contributed by atoms with Gasteiger partial charge in [0.05, 0.1) is 0 Å². The number of amides is 2. The topological polar surface area (TPSA) is 49.4 Å². The first kappa shape index (κ1) is 24.6. The van der Waals surface area contributed by atoms with Gasteiger partial charge in [-0.2, -0.15) is 0 Å². The minimum absolute atomic E-state index is 0.0668. The Balaban J connectivity index is 1.73. The number of carbonyl (C=O) groups is 2. The van der Waals surface area contributed by atoms with Gasteiger partial charge in [-0.05, 0) is 56.4 Å². The number of carbonyl (C=O) groups excluding carboxylic acids is 2. The van der Waals surface area contributed by atoms with Crippen molar-refractivity contribution in [2.75, 3.05) is 0 Å². The molecular weight excluding hydrogens is 443 g/mol. The highest BCUT2D eigenvalue weighted by Crippen LogP contribution is 2.24. The van der Waals surface area contributed by atoms with Crippen LogP contribution >= 0.6 is 23.2 Å². The first-order chi connectivity index (χ1) is 15.3. The molecule has 2 aromatic rings. The number of nitrogens with zero attached hydrogens (tertiary/aromatic N) is 1. The number of nitrogens with one attached hydrogen (secondary N) is 1. The molecular formula is C26H32Cl2N2O2. The predicted octanol–water partition coefficient (Wildman–Crippen LogP) is 6.10. The summed E-state index contributed by atoms with van der Waals surface area (Å²) in [5, 5.41) is 4.19. The third kappa shape index (κ3) is 6.98. The normalized spacial score (nSPS) is 15.2. The van der Waals surface area contributed by atoms with E-state index in [0.717, 1.165) is 36.8 Å². The molecule has 172 valence electrons. The van der Waals surface area contributed by atoms with Gasteiger partial charge in [-0.1, -0.05) is 78.4 Å². The summed E-state index contributed by atoms with van der Waals surface area (Å²) < 4.78 is 0. The van der Waals surface area contributed by atoms with E-state index in [9.17, 15) is 9.59 Å². The van der Waals surface area contributed by atoms with Crippen LogP contribution in [0.1, 0.15) is 62.1 Å². The first-order valence-electron chi connectivity index (χ1n) is 11.4. The summed E-state index contributed by atoms with van der Waals surface area (Å²) in [6.45, 7) is 4.10. The van der Waals surface area contributed by atoms with E-state index in [1.165, 1.54) is 12.0 Å². The van der Waals surface area contributed by atoms with Crippen LogP contribution in [0.15, 0.2) is 42.5 Å². The molecule has 1 fully saturated rings. The lowest BCUT2D eigenvalue weighted by Gasteiger charge is -2.31. The Hall–Kier alpha value is -2.04. The van der Waals surface area contributed by atoms with Crippen LogP contribution < -0.4 is 5.32 Å². The summed E-state index contributed by atoms with van der Waals surface area (Å²) in [5.41, 5.74) is 3.07. The molecule has 6 heteroatoms. The van der Waals surface area contributed by atoms with Gasteiger partial charge in [0.25, 0.3) is 0 Å². The molecule has 0 aromatic heterocycles. The number of aryl methyl sites for hydroxylation is 2. The summed E-state index contributed by atoms with van der Waals surface area (Å²) >= 11 is 12.4. The lowest BCUT2D eigenvalue weighted by atomic mass is 9.95. The Morgan fingerprint density at radius 2 is 1.75 bits per heavy atom. The van der Waals surface area contributed by atoms with Gasteiger partial charge >= 0.3 is 0 Å². The summed E-state index contributed by atoms with van der Waals surface area (Å²) in [5.74, 6) is -0.173. The van der Waals surface area contributed by atoms with E-state index in [-0.39, 0.29) is 24.4 Å². The average Bonchev–Trinajstić information content (AvgIpc) is 2.78. The quantitative estimate of drug-likeness (QED) is 0.502. The fourth-order valence-electron chi connectivity index (χ4n) is 4.13. The van der Waals surface area contributed by atoms with Crippen molar-refractivity contribution in [3.63, 3.8) is 0 Å². The number of hydrogen-bond donors (Lipinski definition) is 1. The zero-order valence-corrected chi connectivity index (χ0v) is 20.4. The van der Waals surface area contributed by atoms with E-state index >= 15 is 0 Å². The molecule has 0 bridgehead atoms. The molecule has 1 atom stereocenters. The van der Waals surface area contributed by atoms with E-state index in [4.69, 9.17) is 23.2 Å². The Morgan fingerprint density at radius 3 is 2.41 bits per heavy atom. The lowest BCUT2D eigenvalue weighted by molar-refractivity contribution is -0.141. The van der Waals surface area contributed by atoms with Crippen molar-refractivity contribution in [3.8, 4) is 0 Å². The van der Waals surface area contributed by atoms with Crippen LogP contribution in [0.3, 0.4) is 0 Å². The molecule has 1 N–H and O–H groups in total. The van der Waals surface area contributed by atoms with E-state index in [1.54, 1.807) is 24.0 Å². The van der Waals surface area contributed by atoms with E-state index in [2.05, 4.69) is 5.32 Å². The highest BCUT2D eigenvalue weighted by molar-refractivity contribution is 6.35. The molecule has 1 aliphatic carbocycles. The largest absolute Gasteiger partial charge is 0.352 e. The molecule has 1 aliphatic rings. The van der Waals surface area contributed by atoms with E-state index < -0.39 is 6.04 Å². The lowest BCUT2D eigenvalue weighted by Crippen LogP contribution is -2.50. The van der Waals surface area contributed by atoms with Gasteiger partial charge in [-0.3, -0.25) is 9.59 Å². The van der Waals surface area contributed by atoms with Crippen LogP contribution in [0.5, 0.6) is 0 Å². The Kier molecular flexibility index (Phi) is 9.01. The van der Waals surface area contributed by atoms with Gasteiger partial charge in [0.2, 0.25) is 11.8 Å². The highest BCUT2D eigenvalue weighted by atomic mass is 35.5. The van der Waals surface area contributed by atoms with Crippen molar-refractivity contribution in [1.29, 1.82) is 0 Å². The van der Waals surface area contributed by atoms with Crippen molar-refractivity contribution in [2.45, 2.75) is 77.4 Å². The molecule has 0 heterocycles. The van der Waals surface area contributed by atoms with Crippen LogP contribution in [0.25, 0.3) is 0 Å². The molecule has 0 saturated heterocycles. The predicted molar refractivity (Wildman–Crippen MR) is 131 cm³/mol. The molecule has 2 amide bonds. The smallest absolute Gasteiger partial charge is 0.242 e. The molecule has 0 aliphatic heterocycles. The Bertz CT molecular complexity index is 924. The SMILES string of the molecule is Cc1ccc(CCC(=O)N(Cc2ccc(Cl)cc2Cl)C(C)C(=O)NC2CCCCC2)cc1. The van der Waals surface area contributed by atoms with Gasteiger partial charge in [-0.15, -0.1) is 0 Å². The van der Waals surface area contributed by atoms with Crippen LogP contribution in [-0.2, 0) is 22.6 Å². The van der Waals surface area contributed by atoms with Crippen LogP contribution in [-0.4, -0.2) is 28.8 Å². The number of hydrogen-bond acceptors (Lipinski definition) is 2. The summed E-state index contributed by atoms with van der Waals surface area (Å²) in [4.78, 5) is 28.0. The van der Waals surface area contributed by atoms with Crippen molar-refractivity contribution >= 4 is 35.0 Å². The minimum Gasteiger partial charge on any atom is -0.352 e. The second-order valence-corrected chi connectivity index (χ2v) is 9.61. The monoisotopic (exact) mass is 474 g/mol. The zero-order chi connectivity index (χ0) is 23.1. The van der Waals surface area contributed by atoms with Crippen molar-refractivity contribution < 1.29 is 9.59 Å². The number of halogens is 2. The first-order valence-corrected chi connectivity index (χ1v) is 12.2. The van der Waals surface area contributed by atoms with E-state index in [1.807, 2.05) is 37.3 Å². The maximum Gasteiger partial charge on any atom is 0.242 e. The second kappa shape index (κ2) is 11.7. The molecule has 32 heavy (non-hydrogen) atoms. The molecule has 1 saturated carbocycles. The minimum atomic E-state index is -0.589. The fourth-order valence-corrected chi connectivity index (χ4v) is 4.60. The molecule has 4 nitrogen and oxygen atoms in total. The maximum atomic E-state index is 13.3. The van der Waals surface area contributed by atoms with Crippen LogP contribution in [0, 0.1) is 6.92 Å². The molecule has 3 rings (SSSR count). The second-order valence-electron chi connectivity index (χ2n) is 8.76. The zero-order valence-electron chi connectivity index (χ0n) is 18.9. The molecule has 2 aromatic carbocycles. The van der Waals surface area contributed by atoms with Gasteiger partial charge in [-0.25, -0.2) is 0 Å². The third-order valence-electron chi connectivity index (χ3n) is 6.22. The van der Waals surface area contributed by atoms with Crippen LogP contribution in [0.2, 0.25) is 10.0 Å². The van der Waals surface area contributed by atoms with Gasteiger partial charge in [0.1, 0.15) is 6.04 Å². The summed E-state index contributed by atoms with van der Waals surface area (Å²) in [6, 6.07) is 13.0. The van der Waals surface area contributed by atoms with Gasteiger partial charge in [0.15, 0.2) is 0 Å². The molecule has 0 spiro atoms. The third-order valence-corrected chi connectivity index (χ3v) is 6.81. The van der Waals surface area contributed by atoms with Crippen LogP contribution in [0.4, 0.5) is 0 Å². The summed E-state index contributed by atoms with van der Waals surface area (Å²) in [6.07, 6.45) is 6.46. The standard InChI is InChI=1S/C26H32Cl2N2O2/c1-18-8-10-20(11-9-18)12-15-25(31)30(17-21-13-14-22(27)16-24(21)28)19(2)26(32)29-23-6-4-3-5-7-23/h8-11,13-14,16,19,23H,3-7,12,15,17H2,1-2H3,(H,29,32). The highest BCUT2D eigenvalue weighted by Gasteiger charge is 2.28. The van der Waals surface area contributed by atoms with Crippen molar-refractivity contribution in [3.05, 3.63) is 69.2 Å². The van der Waals surface area contributed by atoms with E-state index in [0.29, 0.717) is 22.9 Å². The number of rotatable bonds is 8.